The molecular weight excluding hydrogens is 579 g/mol. The first-order valence-electron chi connectivity index (χ1n) is 12.4. The number of amides is 3. The molecule has 0 unspecified atom stereocenters. The van der Waals surface area contributed by atoms with E-state index < -0.39 is 27.7 Å². The molecule has 0 spiro atoms. The van der Waals surface area contributed by atoms with Crippen molar-refractivity contribution in [3.8, 4) is 0 Å². The van der Waals surface area contributed by atoms with Gasteiger partial charge in [-0.15, -0.1) is 10.2 Å². The number of benzene rings is 2. The first-order chi connectivity index (χ1) is 18.8. The number of fused-ring (bicyclic) bond motifs is 1. The smallest absolute Gasteiger partial charge is 0.418 e. The molecule has 40 heavy (non-hydrogen) atoms. The topological polar surface area (TPSA) is 125 Å². The zero-order chi connectivity index (χ0) is 28.8. The fourth-order valence-electron chi connectivity index (χ4n) is 4.44. The van der Waals surface area contributed by atoms with Gasteiger partial charge in [-0.3, -0.25) is 9.62 Å². The largest absolute Gasteiger partial charge is 0.443 e. The molecule has 11 nitrogen and oxygen atoms in total. The van der Waals surface area contributed by atoms with E-state index in [1.165, 1.54) is 23.1 Å². The number of sulfonamides is 1. The van der Waals surface area contributed by atoms with Crippen molar-refractivity contribution < 1.29 is 22.7 Å². The molecule has 0 radical (unpaired) electrons. The van der Waals surface area contributed by atoms with Crippen LogP contribution in [0.5, 0.6) is 0 Å². The van der Waals surface area contributed by atoms with Gasteiger partial charge < -0.3 is 9.64 Å². The minimum Gasteiger partial charge on any atom is -0.443 e. The summed E-state index contributed by atoms with van der Waals surface area (Å²) < 4.78 is 33.6. The maximum absolute atomic E-state index is 12.9. The van der Waals surface area contributed by atoms with Crippen LogP contribution in [0.2, 0.25) is 10.0 Å². The van der Waals surface area contributed by atoms with E-state index in [1.807, 2.05) is 11.0 Å². The fraction of sp³-hybridized carbons (Fsp3) is 0.308. The lowest BCUT2D eigenvalue weighted by Gasteiger charge is -2.23. The minimum absolute atomic E-state index is 0.0341. The molecule has 0 saturated carbocycles. The van der Waals surface area contributed by atoms with E-state index >= 15 is 0 Å². The van der Waals surface area contributed by atoms with E-state index in [0.29, 0.717) is 30.3 Å². The van der Waals surface area contributed by atoms with Crippen molar-refractivity contribution in [3.05, 3.63) is 64.1 Å². The van der Waals surface area contributed by atoms with Gasteiger partial charge >= 0.3 is 12.1 Å². The van der Waals surface area contributed by atoms with Gasteiger partial charge in [-0.2, -0.15) is 0 Å². The standard InChI is InChI=1S/C26H26Cl2N6O5S/c1-26(2,3)39-25(36)34-11-10-33(24(34)35)23-7-6-22(29-30-23)32-9-8-16-12-19(4-5-21(16)32)31-40(37,38)20-14-17(27)13-18(28)15-20/h4-7,12-15,31H,8-11H2,1-3H3. The number of anilines is 4. The number of urea groups is 1. The predicted molar refractivity (Wildman–Crippen MR) is 152 cm³/mol. The Hall–Kier alpha value is -3.61. The van der Waals surface area contributed by atoms with Gasteiger partial charge in [0.15, 0.2) is 11.6 Å². The van der Waals surface area contributed by atoms with E-state index in [0.717, 1.165) is 16.2 Å². The molecular formula is C26H26Cl2N6O5S. The number of nitrogens with one attached hydrogen (secondary N) is 1. The number of carbonyl (C=O) groups is 2. The Morgan fingerprint density at radius 1 is 0.925 bits per heavy atom. The van der Waals surface area contributed by atoms with E-state index in [9.17, 15) is 18.0 Å². The molecule has 3 heterocycles. The fourth-order valence-corrected chi connectivity index (χ4v) is 6.22. The zero-order valence-corrected chi connectivity index (χ0v) is 24.2. The lowest BCUT2D eigenvalue weighted by atomic mass is 10.1. The third kappa shape index (κ3) is 5.79. The maximum atomic E-state index is 12.9. The van der Waals surface area contributed by atoms with Crippen molar-refractivity contribution >= 4 is 68.4 Å². The number of halogens is 2. The monoisotopic (exact) mass is 604 g/mol. The van der Waals surface area contributed by atoms with Gasteiger partial charge in [-0.05, 0) is 81.3 Å². The summed E-state index contributed by atoms with van der Waals surface area (Å²) in [6.45, 7) is 6.28. The second-order valence-corrected chi connectivity index (χ2v) is 12.8. The summed E-state index contributed by atoms with van der Waals surface area (Å²) in [5.41, 5.74) is 1.48. The van der Waals surface area contributed by atoms with Crippen LogP contribution in [-0.4, -0.2) is 60.9 Å². The van der Waals surface area contributed by atoms with Crippen molar-refractivity contribution in [1.82, 2.24) is 15.1 Å². The first-order valence-corrected chi connectivity index (χ1v) is 14.6. The molecule has 2 aliphatic rings. The maximum Gasteiger partial charge on any atom is 0.418 e. The Bertz CT molecular complexity index is 1570. The molecule has 0 atom stereocenters. The summed E-state index contributed by atoms with van der Waals surface area (Å²) >= 11 is 11.9. The van der Waals surface area contributed by atoms with Crippen LogP contribution in [0.3, 0.4) is 0 Å². The predicted octanol–water partition coefficient (Wildman–Crippen LogP) is 5.46. The van der Waals surface area contributed by atoms with E-state index in [1.54, 1.807) is 45.0 Å². The molecule has 210 valence electrons. The Balaban J connectivity index is 1.28. The van der Waals surface area contributed by atoms with Crippen molar-refractivity contribution in [2.45, 2.75) is 37.7 Å². The molecule has 2 aliphatic heterocycles. The summed E-state index contributed by atoms with van der Waals surface area (Å²) in [5, 5.41) is 8.99. The summed E-state index contributed by atoms with van der Waals surface area (Å²) in [7, 11) is -3.90. The molecule has 5 rings (SSSR count). The van der Waals surface area contributed by atoms with Crippen molar-refractivity contribution in [1.29, 1.82) is 0 Å². The Morgan fingerprint density at radius 2 is 1.57 bits per heavy atom. The number of aromatic nitrogens is 2. The highest BCUT2D eigenvalue weighted by Crippen LogP contribution is 2.36. The van der Waals surface area contributed by atoms with Crippen LogP contribution in [0.4, 0.5) is 32.6 Å². The summed E-state index contributed by atoms with van der Waals surface area (Å²) in [5.74, 6) is 0.894. The molecule has 2 aromatic carbocycles. The van der Waals surface area contributed by atoms with Crippen LogP contribution < -0.4 is 14.5 Å². The van der Waals surface area contributed by atoms with Crippen molar-refractivity contribution in [2.75, 3.05) is 34.2 Å². The van der Waals surface area contributed by atoms with Crippen LogP contribution in [0.25, 0.3) is 0 Å². The van der Waals surface area contributed by atoms with E-state index in [-0.39, 0.29) is 28.0 Å². The Morgan fingerprint density at radius 3 is 2.20 bits per heavy atom. The molecule has 1 fully saturated rings. The summed E-state index contributed by atoms with van der Waals surface area (Å²) in [6, 6.07) is 12.3. The number of rotatable bonds is 5. The molecule has 14 heteroatoms. The Labute approximate surface area is 241 Å². The molecule has 0 aliphatic carbocycles. The highest BCUT2D eigenvalue weighted by atomic mass is 35.5. The van der Waals surface area contributed by atoms with E-state index in [4.69, 9.17) is 27.9 Å². The van der Waals surface area contributed by atoms with Gasteiger partial charge in [0.25, 0.3) is 10.0 Å². The number of carbonyl (C=O) groups excluding carboxylic acids is 2. The third-order valence-electron chi connectivity index (χ3n) is 6.19. The van der Waals surface area contributed by atoms with Gasteiger partial charge in [0.05, 0.1) is 11.4 Å². The van der Waals surface area contributed by atoms with Crippen molar-refractivity contribution in [3.63, 3.8) is 0 Å². The van der Waals surface area contributed by atoms with Gasteiger partial charge in [0.1, 0.15) is 5.60 Å². The van der Waals surface area contributed by atoms with Gasteiger partial charge in [0, 0.05) is 34.5 Å². The summed E-state index contributed by atoms with van der Waals surface area (Å²) in [4.78, 5) is 29.5. The van der Waals surface area contributed by atoms with Crippen LogP contribution >= 0.6 is 23.2 Å². The number of hydrogen-bond acceptors (Lipinski definition) is 8. The average Bonchev–Trinajstić information content (AvgIpc) is 3.45. The van der Waals surface area contributed by atoms with Crippen LogP contribution in [0.1, 0.15) is 26.3 Å². The molecule has 1 aromatic heterocycles. The molecule has 3 aromatic rings. The van der Waals surface area contributed by atoms with E-state index in [2.05, 4.69) is 14.9 Å². The number of imide groups is 1. The second-order valence-electron chi connectivity index (χ2n) is 10.3. The minimum atomic E-state index is -3.90. The third-order valence-corrected chi connectivity index (χ3v) is 7.98. The molecule has 0 bridgehead atoms. The molecule has 1 saturated heterocycles. The number of hydrogen-bond donors (Lipinski definition) is 1. The SMILES string of the molecule is CC(C)(C)OC(=O)N1CCN(c2ccc(N3CCc4cc(NS(=O)(=O)c5cc(Cl)cc(Cl)c5)ccc43)nn2)C1=O. The molecule has 1 N–H and O–H groups in total. The zero-order valence-electron chi connectivity index (χ0n) is 21.9. The Kier molecular flexibility index (Phi) is 7.28. The van der Waals surface area contributed by atoms with Gasteiger partial charge in [-0.25, -0.2) is 22.9 Å². The molecule has 3 amide bonds. The van der Waals surface area contributed by atoms with Gasteiger partial charge in [0.2, 0.25) is 0 Å². The lowest BCUT2D eigenvalue weighted by molar-refractivity contribution is 0.0354. The quantitative estimate of drug-likeness (QED) is 0.407. The second kappa shape index (κ2) is 10.4. The average molecular weight is 606 g/mol. The van der Waals surface area contributed by atoms with Crippen LogP contribution in [0.15, 0.2) is 53.4 Å². The van der Waals surface area contributed by atoms with Gasteiger partial charge in [-0.1, -0.05) is 23.2 Å². The highest BCUT2D eigenvalue weighted by molar-refractivity contribution is 7.92. The van der Waals surface area contributed by atoms with Crippen LogP contribution in [0, 0.1) is 0 Å². The summed E-state index contributed by atoms with van der Waals surface area (Å²) in [6.07, 6.45) is -0.0384. The van der Waals surface area contributed by atoms with Crippen molar-refractivity contribution in [2.24, 2.45) is 0 Å². The normalized spacial score (nSPS) is 15.4. The lowest BCUT2D eigenvalue weighted by Crippen LogP contribution is -2.40. The van der Waals surface area contributed by atoms with Crippen LogP contribution in [-0.2, 0) is 21.2 Å². The highest BCUT2D eigenvalue weighted by Gasteiger charge is 2.37. The first kappa shape index (κ1) is 27.9. The number of ether oxygens (including phenoxy) is 1. The number of nitrogens with zero attached hydrogens (tertiary/aromatic N) is 5.